The molecule has 2 fully saturated rings. The first kappa shape index (κ1) is 14.8. The zero-order valence-corrected chi connectivity index (χ0v) is 12.3. The van der Waals surface area contributed by atoms with Gasteiger partial charge in [-0.1, -0.05) is 6.92 Å². The Balaban J connectivity index is 1.68. The lowest BCUT2D eigenvalue weighted by atomic mass is 10.1. The molecule has 0 bridgehead atoms. The van der Waals surface area contributed by atoms with Gasteiger partial charge < -0.3 is 19.3 Å². The predicted molar refractivity (Wildman–Crippen MR) is 73.0 cm³/mol. The molecule has 0 aromatic carbocycles. The molecule has 5 heteroatoms. The topological polar surface area (TPSA) is 42.0 Å². The number of hydrogen-bond acceptors (Lipinski definition) is 4. The van der Waals surface area contributed by atoms with Crippen molar-refractivity contribution in [1.82, 2.24) is 9.80 Å². The van der Waals surface area contributed by atoms with Gasteiger partial charge in [0.2, 0.25) is 5.91 Å². The molecule has 0 aromatic rings. The van der Waals surface area contributed by atoms with Crippen LogP contribution in [0.5, 0.6) is 0 Å². The lowest BCUT2D eigenvalue weighted by molar-refractivity contribution is -0.136. The quantitative estimate of drug-likeness (QED) is 0.733. The highest BCUT2D eigenvalue weighted by molar-refractivity contribution is 5.77. The molecule has 0 aromatic heterocycles. The second-order valence-electron chi connectivity index (χ2n) is 5.96. The van der Waals surface area contributed by atoms with E-state index in [9.17, 15) is 4.79 Å². The fraction of sp³-hybridized carbons (Fsp3) is 0.929. The maximum absolute atomic E-state index is 12.1. The van der Waals surface area contributed by atoms with Gasteiger partial charge in [-0.05, 0) is 32.9 Å². The smallest absolute Gasteiger partial charge is 0.248 e. The SMILES string of the molecule is CC1CN(C(=O)COCC2CCCO2)CC1N(C)C. The van der Waals surface area contributed by atoms with Gasteiger partial charge in [-0.25, -0.2) is 0 Å². The molecule has 5 nitrogen and oxygen atoms in total. The molecule has 3 atom stereocenters. The number of likely N-dealkylation sites (tertiary alicyclic amines) is 1. The molecule has 0 N–H and O–H groups in total. The first-order valence-electron chi connectivity index (χ1n) is 7.21. The van der Waals surface area contributed by atoms with E-state index in [0.29, 0.717) is 18.6 Å². The van der Waals surface area contributed by atoms with Crippen molar-refractivity contribution in [2.75, 3.05) is 47.0 Å². The highest BCUT2D eigenvalue weighted by Gasteiger charge is 2.33. The molecule has 2 saturated heterocycles. The third kappa shape index (κ3) is 3.91. The van der Waals surface area contributed by atoms with Crippen LogP contribution in [-0.4, -0.2) is 74.9 Å². The zero-order valence-electron chi connectivity index (χ0n) is 12.3. The number of nitrogens with zero attached hydrogens (tertiary/aromatic N) is 2. The van der Waals surface area contributed by atoms with Crippen molar-refractivity contribution in [3.05, 3.63) is 0 Å². The van der Waals surface area contributed by atoms with Gasteiger partial charge in [0.25, 0.3) is 0 Å². The Kier molecular flexibility index (Phi) is 5.19. The molecule has 2 aliphatic heterocycles. The molecular formula is C14H26N2O3. The van der Waals surface area contributed by atoms with Crippen LogP contribution in [0.1, 0.15) is 19.8 Å². The summed E-state index contributed by atoms with van der Waals surface area (Å²) < 4.78 is 11.0. The van der Waals surface area contributed by atoms with E-state index >= 15 is 0 Å². The van der Waals surface area contributed by atoms with E-state index in [1.165, 1.54) is 0 Å². The number of carbonyl (C=O) groups excluding carboxylic acids is 1. The summed E-state index contributed by atoms with van der Waals surface area (Å²) in [6, 6.07) is 0.460. The minimum atomic E-state index is 0.106. The Hall–Kier alpha value is -0.650. The Labute approximate surface area is 115 Å². The van der Waals surface area contributed by atoms with E-state index in [1.807, 2.05) is 4.90 Å². The van der Waals surface area contributed by atoms with Crippen LogP contribution >= 0.6 is 0 Å². The first-order chi connectivity index (χ1) is 9.08. The number of amides is 1. The summed E-state index contributed by atoms with van der Waals surface area (Å²) in [7, 11) is 4.14. The number of rotatable bonds is 5. The van der Waals surface area contributed by atoms with Crippen molar-refractivity contribution in [3.63, 3.8) is 0 Å². The third-order valence-corrected chi connectivity index (χ3v) is 4.14. The molecule has 1 amide bonds. The fourth-order valence-electron chi connectivity index (χ4n) is 2.97. The lowest BCUT2D eigenvalue weighted by Crippen LogP contribution is -2.37. The Morgan fingerprint density at radius 3 is 2.79 bits per heavy atom. The van der Waals surface area contributed by atoms with Crippen molar-refractivity contribution < 1.29 is 14.3 Å². The third-order valence-electron chi connectivity index (χ3n) is 4.14. The fourth-order valence-corrected chi connectivity index (χ4v) is 2.97. The van der Waals surface area contributed by atoms with Crippen LogP contribution in [0.2, 0.25) is 0 Å². The minimum absolute atomic E-state index is 0.106. The number of likely N-dealkylation sites (N-methyl/N-ethyl adjacent to an activating group) is 1. The normalized spacial score (nSPS) is 31.4. The van der Waals surface area contributed by atoms with E-state index in [4.69, 9.17) is 9.47 Å². The average Bonchev–Trinajstić information content (AvgIpc) is 2.98. The van der Waals surface area contributed by atoms with E-state index in [2.05, 4.69) is 25.9 Å². The molecule has 3 unspecified atom stereocenters. The zero-order chi connectivity index (χ0) is 13.8. The molecule has 0 spiro atoms. The predicted octanol–water partition coefficient (Wildman–Crippen LogP) is 0.591. The summed E-state index contributed by atoms with van der Waals surface area (Å²) in [5, 5.41) is 0. The summed E-state index contributed by atoms with van der Waals surface area (Å²) in [5.74, 6) is 0.631. The Bertz CT molecular complexity index is 303. The molecule has 0 radical (unpaired) electrons. The molecule has 2 aliphatic rings. The van der Waals surface area contributed by atoms with Crippen LogP contribution in [0, 0.1) is 5.92 Å². The van der Waals surface area contributed by atoms with Crippen LogP contribution in [0.3, 0.4) is 0 Å². The van der Waals surface area contributed by atoms with Crippen molar-refractivity contribution in [2.45, 2.75) is 31.9 Å². The number of carbonyl (C=O) groups is 1. The highest BCUT2D eigenvalue weighted by atomic mass is 16.5. The van der Waals surface area contributed by atoms with Gasteiger partial charge in [-0.3, -0.25) is 4.79 Å². The Morgan fingerprint density at radius 1 is 1.42 bits per heavy atom. The van der Waals surface area contributed by atoms with Crippen molar-refractivity contribution in [1.29, 1.82) is 0 Å². The second kappa shape index (κ2) is 6.68. The van der Waals surface area contributed by atoms with Crippen LogP contribution in [0.4, 0.5) is 0 Å². The number of hydrogen-bond donors (Lipinski definition) is 0. The number of ether oxygens (including phenoxy) is 2. The van der Waals surface area contributed by atoms with Crippen molar-refractivity contribution in [2.24, 2.45) is 5.92 Å². The van der Waals surface area contributed by atoms with Crippen molar-refractivity contribution >= 4 is 5.91 Å². The summed E-state index contributed by atoms with van der Waals surface area (Å²) in [6.07, 6.45) is 2.35. The molecule has 19 heavy (non-hydrogen) atoms. The molecular weight excluding hydrogens is 244 g/mol. The van der Waals surface area contributed by atoms with Gasteiger partial charge in [0.1, 0.15) is 6.61 Å². The first-order valence-corrected chi connectivity index (χ1v) is 7.21. The summed E-state index contributed by atoms with van der Waals surface area (Å²) in [4.78, 5) is 16.2. The minimum Gasteiger partial charge on any atom is -0.376 e. The van der Waals surface area contributed by atoms with Gasteiger partial charge in [-0.15, -0.1) is 0 Å². The van der Waals surface area contributed by atoms with Crippen LogP contribution < -0.4 is 0 Å². The van der Waals surface area contributed by atoms with Gasteiger partial charge >= 0.3 is 0 Å². The maximum Gasteiger partial charge on any atom is 0.248 e. The van der Waals surface area contributed by atoms with Crippen LogP contribution in [0.15, 0.2) is 0 Å². The summed E-state index contributed by atoms with van der Waals surface area (Å²) in [5.41, 5.74) is 0. The van der Waals surface area contributed by atoms with E-state index < -0.39 is 0 Å². The maximum atomic E-state index is 12.1. The van der Waals surface area contributed by atoms with E-state index in [-0.39, 0.29) is 18.6 Å². The highest BCUT2D eigenvalue weighted by Crippen LogP contribution is 2.20. The molecule has 2 rings (SSSR count). The van der Waals surface area contributed by atoms with Crippen molar-refractivity contribution in [3.8, 4) is 0 Å². The average molecular weight is 270 g/mol. The van der Waals surface area contributed by atoms with Crippen LogP contribution in [0.25, 0.3) is 0 Å². The van der Waals surface area contributed by atoms with E-state index in [0.717, 1.165) is 32.5 Å². The molecule has 0 saturated carbocycles. The molecule has 110 valence electrons. The van der Waals surface area contributed by atoms with Crippen LogP contribution in [-0.2, 0) is 14.3 Å². The van der Waals surface area contributed by atoms with Gasteiger partial charge in [0, 0.05) is 25.7 Å². The lowest BCUT2D eigenvalue weighted by Gasteiger charge is -2.22. The summed E-state index contributed by atoms with van der Waals surface area (Å²) in [6.45, 7) is 5.42. The van der Waals surface area contributed by atoms with E-state index in [1.54, 1.807) is 0 Å². The monoisotopic (exact) mass is 270 g/mol. The van der Waals surface area contributed by atoms with Gasteiger partial charge in [-0.2, -0.15) is 0 Å². The standard InChI is InChI=1S/C14H26N2O3/c1-11-7-16(8-13(11)15(2)3)14(17)10-18-9-12-5-4-6-19-12/h11-13H,4-10H2,1-3H3. The van der Waals surface area contributed by atoms with Gasteiger partial charge in [0.15, 0.2) is 0 Å². The Morgan fingerprint density at radius 2 is 2.21 bits per heavy atom. The summed E-state index contributed by atoms with van der Waals surface area (Å²) >= 11 is 0. The second-order valence-corrected chi connectivity index (χ2v) is 5.96. The molecule has 0 aliphatic carbocycles. The van der Waals surface area contributed by atoms with Gasteiger partial charge in [0.05, 0.1) is 12.7 Å². The largest absolute Gasteiger partial charge is 0.376 e. The molecule has 2 heterocycles.